The fourth-order valence-electron chi connectivity index (χ4n) is 3.33. The summed E-state index contributed by atoms with van der Waals surface area (Å²) in [5.74, 6) is 0.625. The predicted octanol–water partition coefficient (Wildman–Crippen LogP) is 3.39. The minimum absolute atomic E-state index is 0.523. The number of carbonyl (C=O) groups is 1. The number of aromatic nitrogens is 2. The lowest BCUT2D eigenvalue weighted by molar-refractivity contribution is -0.144. The van der Waals surface area contributed by atoms with Gasteiger partial charge in [-0.1, -0.05) is 30.3 Å². The van der Waals surface area contributed by atoms with Crippen molar-refractivity contribution >= 4 is 5.97 Å². The van der Waals surface area contributed by atoms with Crippen LogP contribution < -0.4 is 4.74 Å². The number of para-hydroxylation sites is 1. The van der Waals surface area contributed by atoms with Crippen LogP contribution in [0, 0.1) is 0 Å². The van der Waals surface area contributed by atoms with Crippen molar-refractivity contribution < 1.29 is 14.6 Å². The summed E-state index contributed by atoms with van der Waals surface area (Å²) >= 11 is 0. The van der Waals surface area contributed by atoms with E-state index in [9.17, 15) is 9.90 Å². The third kappa shape index (κ3) is 3.32. The van der Waals surface area contributed by atoms with Crippen LogP contribution >= 0.6 is 0 Å². The van der Waals surface area contributed by atoms with Gasteiger partial charge in [0.15, 0.2) is 6.04 Å². The summed E-state index contributed by atoms with van der Waals surface area (Å²) in [5.41, 5.74) is 2.53. The molecule has 1 atom stereocenters. The number of nitrogens with zero attached hydrogens (tertiary/aromatic N) is 2. The normalized spacial score (nSPS) is 16.8. The van der Waals surface area contributed by atoms with Gasteiger partial charge in [0.1, 0.15) is 11.5 Å². The Kier molecular flexibility index (Phi) is 4.41. The Morgan fingerprint density at radius 3 is 2.81 bits per heavy atom. The Balaban J connectivity index is 1.54. The Morgan fingerprint density at radius 2 is 2.00 bits per heavy atom. The highest BCUT2D eigenvalue weighted by Gasteiger charge is 2.35. The predicted molar refractivity (Wildman–Crippen MR) is 96.0 cm³/mol. The Morgan fingerprint density at radius 1 is 1.19 bits per heavy atom. The zero-order valence-corrected chi connectivity index (χ0v) is 14.1. The quantitative estimate of drug-likeness (QED) is 0.738. The molecule has 3 aromatic rings. The molecule has 2 heterocycles. The van der Waals surface area contributed by atoms with Gasteiger partial charge in [0.2, 0.25) is 0 Å². The van der Waals surface area contributed by atoms with E-state index in [0.29, 0.717) is 18.8 Å². The van der Waals surface area contributed by atoms with Crippen LogP contribution in [0.5, 0.6) is 11.5 Å². The average Bonchev–Trinajstić information content (AvgIpc) is 3.11. The molecule has 6 nitrogen and oxygen atoms in total. The maximum absolute atomic E-state index is 11.8. The molecular weight excluding hydrogens is 330 g/mol. The van der Waals surface area contributed by atoms with Crippen LogP contribution in [0.3, 0.4) is 0 Å². The molecule has 2 aromatic carbocycles. The van der Waals surface area contributed by atoms with Crippen molar-refractivity contribution in [1.29, 1.82) is 0 Å². The van der Waals surface area contributed by atoms with E-state index < -0.39 is 12.0 Å². The third-order valence-electron chi connectivity index (χ3n) is 4.52. The second-order valence-corrected chi connectivity index (χ2v) is 6.29. The fraction of sp³-hybridized carbons (Fsp3) is 0.200. The molecule has 0 unspecified atom stereocenters. The van der Waals surface area contributed by atoms with E-state index >= 15 is 0 Å². The molecule has 0 bridgehead atoms. The molecule has 1 aliphatic heterocycles. The number of rotatable bonds is 5. The largest absolute Gasteiger partial charge is 0.480 e. The van der Waals surface area contributed by atoms with E-state index in [2.05, 4.69) is 9.97 Å². The van der Waals surface area contributed by atoms with Gasteiger partial charge in [-0.15, -0.1) is 0 Å². The smallest absolute Gasteiger partial charge is 0.327 e. The van der Waals surface area contributed by atoms with Crippen molar-refractivity contribution in [2.45, 2.75) is 19.0 Å². The minimum Gasteiger partial charge on any atom is -0.480 e. The summed E-state index contributed by atoms with van der Waals surface area (Å²) in [7, 11) is 0. The maximum atomic E-state index is 11.8. The van der Waals surface area contributed by atoms with Gasteiger partial charge in [0.25, 0.3) is 0 Å². The lowest BCUT2D eigenvalue weighted by Crippen LogP contribution is -2.39. The molecule has 1 aromatic heterocycles. The highest BCUT2D eigenvalue weighted by molar-refractivity contribution is 5.75. The highest BCUT2D eigenvalue weighted by atomic mass is 16.5. The molecule has 4 rings (SSSR count). The van der Waals surface area contributed by atoms with E-state index in [-0.39, 0.29) is 0 Å². The van der Waals surface area contributed by atoms with Crippen LogP contribution in [0.2, 0.25) is 0 Å². The number of hydrogen-bond acceptors (Lipinski definition) is 4. The Hall–Kier alpha value is -3.12. The van der Waals surface area contributed by atoms with Crippen LogP contribution in [0.25, 0.3) is 0 Å². The number of carboxylic acid groups (broad SMARTS) is 1. The lowest BCUT2D eigenvalue weighted by Gasteiger charge is -2.32. The van der Waals surface area contributed by atoms with Crippen LogP contribution in [-0.2, 0) is 17.8 Å². The van der Waals surface area contributed by atoms with Gasteiger partial charge in [-0.2, -0.15) is 0 Å². The molecule has 0 saturated heterocycles. The molecule has 0 radical (unpaired) electrons. The first kappa shape index (κ1) is 16.4. The Bertz CT molecular complexity index is 907. The average molecular weight is 349 g/mol. The number of nitrogens with one attached hydrogen (secondary N) is 1. The second kappa shape index (κ2) is 7.01. The summed E-state index contributed by atoms with van der Waals surface area (Å²) in [6.07, 6.45) is 2.33. The number of hydrogen-bond donors (Lipinski definition) is 2. The molecule has 132 valence electrons. The fourth-order valence-corrected chi connectivity index (χ4v) is 3.33. The number of ether oxygens (including phenoxy) is 1. The Labute approximate surface area is 151 Å². The van der Waals surface area contributed by atoms with E-state index in [1.54, 1.807) is 6.33 Å². The lowest BCUT2D eigenvalue weighted by atomic mass is 10.0. The molecule has 0 fully saturated rings. The molecule has 0 aliphatic carbocycles. The van der Waals surface area contributed by atoms with Crippen LogP contribution in [0.4, 0.5) is 0 Å². The van der Waals surface area contributed by atoms with Crippen molar-refractivity contribution in [2.75, 3.05) is 6.54 Å². The van der Waals surface area contributed by atoms with Gasteiger partial charge in [0, 0.05) is 25.2 Å². The van der Waals surface area contributed by atoms with Crippen molar-refractivity contribution in [2.24, 2.45) is 0 Å². The van der Waals surface area contributed by atoms with Gasteiger partial charge in [-0.25, -0.2) is 4.98 Å². The molecule has 0 spiro atoms. The summed E-state index contributed by atoms with van der Waals surface area (Å²) < 4.78 is 5.87. The SMILES string of the molecule is O=C(O)[C@@H]1c2nc[nH]c2CCN1Cc1cccc(Oc2ccccc2)c1. The van der Waals surface area contributed by atoms with Crippen LogP contribution in [0.1, 0.15) is 23.0 Å². The number of imidazole rings is 1. The monoisotopic (exact) mass is 349 g/mol. The number of fused-ring (bicyclic) bond motifs is 1. The molecular formula is C20H19N3O3. The zero-order valence-electron chi connectivity index (χ0n) is 14.1. The number of aliphatic carboxylic acids is 1. The molecule has 6 heteroatoms. The third-order valence-corrected chi connectivity index (χ3v) is 4.52. The van der Waals surface area contributed by atoms with Crippen molar-refractivity contribution in [3.63, 3.8) is 0 Å². The van der Waals surface area contributed by atoms with E-state index in [0.717, 1.165) is 29.2 Å². The van der Waals surface area contributed by atoms with Gasteiger partial charge >= 0.3 is 5.97 Å². The summed E-state index contributed by atoms with van der Waals surface area (Å²) in [6.45, 7) is 1.19. The number of aromatic amines is 1. The standard InChI is InChI=1S/C20H19N3O3/c24-20(25)19-18-17(21-13-22-18)9-10-23(19)12-14-5-4-8-16(11-14)26-15-6-2-1-3-7-15/h1-8,11,13,19H,9-10,12H2,(H,21,22)(H,24,25)/t19-/m0/s1. The van der Waals surface area contributed by atoms with Gasteiger partial charge in [-0.05, 0) is 29.8 Å². The van der Waals surface area contributed by atoms with E-state index in [1.165, 1.54) is 0 Å². The van der Waals surface area contributed by atoms with Gasteiger partial charge < -0.3 is 14.8 Å². The molecule has 2 N–H and O–H groups in total. The van der Waals surface area contributed by atoms with Crippen molar-refractivity contribution in [3.05, 3.63) is 77.9 Å². The summed E-state index contributed by atoms with van der Waals surface area (Å²) in [6, 6.07) is 16.6. The topological polar surface area (TPSA) is 78.4 Å². The summed E-state index contributed by atoms with van der Waals surface area (Å²) in [5, 5.41) is 9.68. The minimum atomic E-state index is -0.880. The number of benzene rings is 2. The maximum Gasteiger partial charge on any atom is 0.327 e. The first-order chi connectivity index (χ1) is 12.7. The van der Waals surface area contributed by atoms with Gasteiger partial charge in [-0.3, -0.25) is 9.69 Å². The van der Waals surface area contributed by atoms with Gasteiger partial charge in [0.05, 0.1) is 12.0 Å². The van der Waals surface area contributed by atoms with Crippen molar-refractivity contribution in [3.8, 4) is 11.5 Å². The van der Waals surface area contributed by atoms with Crippen molar-refractivity contribution in [1.82, 2.24) is 14.9 Å². The molecule has 26 heavy (non-hydrogen) atoms. The first-order valence-electron chi connectivity index (χ1n) is 8.51. The molecule has 0 saturated carbocycles. The first-order valence-corrected chi connectivity index (χ1v) is 8.51. The summed E-state index contributed by atoms with van der Waals surface area (Å²) in [4.78, 5) is 21.0. The molecule has 1 aliphatic rings. The highest BCUT2D eigenvalue weighted by Crippen LogP contribution is 2.30. The van der Waals surface area contributed by atoms with Crippen LogP contribution in [0.15, 0.2) is 60.9 Å². The molecule has 0 amide bonds. The number of H-pyrrole nitrogens is 1. The van der Waals surface area contributed by atoms with Crippen LogP contribution in [-0.4, -0.2) is 32.5 Å². The zero-order chi connectivity index (χ0) is 17.9. The van der Waals surface area contributed by atoms with E-state index in [4.69, 9.17) is 4.74 Å². The van der Waals surface area contributed by atoms with E-state index in [1.807, 2.05) is 59.5 Å². The number of carboxylic acids is 1. The second-order valence-electron chi connectivity index (χ2n) is 6.29.